The number of likely N-dealkylation sites (N-methyl/N-ethyl adjacent to an activating group) is 1. The van der Waals surface area contributed by atoms with E-state index in [1.54, 1.807) is 24.3 Å². The molecule has 0 heterocycles. The first-order valence-electron chi connectivity index (χ1n) is 6.72. The maximum atomic E-state index is 11.7. The van der Waals surface area contributed by atoms with Gasteiger partial charge in [0.15, 0.2) is 0 Å². The van der Waals surface area contributed by atoms with Crippen LogP contribution in [0.3, 0.4) is 0 Å². The van der Waals surface area contributed by atoms with E-state index >= 15 is 0 Å². The molecule has 2 rings (SSSR count). The summed E-state index contributed by atoms with van der Waals surface area (Å²) in [5.41, 5.74) is 1.84. The molecular formula is C16H18ClN3O. The fourth-order valence-electron chi connectivity index (χ4n) is 1.86. The molecule has 0 unspecified atom stereocenters. The third kappa shape index (κ3) is 5.00. The number of hydrogen-bond acceptors (Lipinski definition) is 2. The third-order valence-corrected chi connectivity index (χ3v) is 3.28. The van der Waals surface area contributed by atoms with Crippen molar-refractivity contribution in [1.29, 1.82) is 0 Å². The highest BCUT2D eigenvalue weighted by molar-refractivity contribution is 6.30. The molecule has 0 spiro atoms. The van der Waals surface area contributed by atoms with Gasteiger partial charge in [0.05, 0.1) is 0 Å². The van der Waals surface area contributed by atoms with E-state index in [-0.39, 0.29) is 6.03 Å². The normalized spacial score (nSPS) is 10.0. The summed E-state index contributed by atoms with van der Waals surface area (Å²) in [5, 5.41) is 6.22. The lowest BCUT2D eigenvalue weighted by molar-refractivity contribution is 0.252. The van der Waals surface area contributed by atoms with Crippen LogP contribution in [0.4, 0.5) is 16.2 Å². The molecule has 0 aliphatic rings. The minimum atomic E-state index is -0.223. The topological polar surface area (TPSA) is 44.4 Å². The predicted octanol–water partition coefficient (Wildman–Crippen LogP) is 3.60. The summed E-state index contributed by atoms with van der Waals surface area (Å²) in [6.45, 7) is 1.29. The summed E-state index contributed by atoms with van der Waals surface area (Å²) in [6, 6.07) is 16.8. The molecule has 0 saturated heterocycles. The summed E-state index contributed by atoms with van der Waals surface area (Å²) >= 11 is 5.79. The van der Waals surface area contributed by atoms with Gasteiger partial charge in [0.2, 0.25) is 0 Å². The van der Waals surface area contributed by atoms with Crippen molar-refractivity contribution in [2.24, 2.45) is 0 Å². The molecule has 2 aromatic carbocycles. The first kappa shape index (κ1) is 15.2. The van der Waals surface area contributed by atoms with E-state index in [9.17, 15) is 4.79 Å². The zero-order valence-corrected chi connectivity index (χ0v) is 12.6. The summed E-state index contributed by atoms with van der Waals surface area (Å²) in [6.07, 6.45) is 0. The molecule has 0 bridgehead atoms. The highest BCUT2D eigenvalue weighted by atomic mass is 35.5. The van der Waals surface area contributed by atoms with Gasteiger partial charge in [-0.3, -0.25) is 0 Å². The van der Waals surface area contributed by atoms with Crippen molar-refractivity contribution in [3.63, 3.8) is 0 Å². The van der Waals surface area contributed by atoms with Crippen molar-refractivity contribution in [3.8, 4) is 0 Å². The van der Waals surface area contributed by atoms with E-state index in [4.69, 9.17) is 11.6 Å². The van der Waals surface area contributed by atoms with Gasteiger partial charge in [-0.05, 0) is 36.4 Å². The Kier molecular flexibility index (Phi) is 5.46. The maximum absolute atomic E-state index is 11.7. The van der Waals surface area contributed by atoms with Crippen molar-refractivity contribution in [2.45, 2.75) is 0 Å². The van der Waals surface area contributed by atoms with E-state index in [0.29, 0.717) is 17.3 Å². The molecule has 21 heavy (non-hydrogen) atoms. The lowest BCUT2D eigenvalue weighted by atomic mass is 10.3. The van der Waals surface area contributed by atoms with Gasteiger partial charge in [-0.15, -0.1) is 0 Å². The number of urea groups is 1. The molecule has 0 saturated carbocycles. The molecule has 110 valence electrons. The molecule has 2 aromatic rings. The first-order chi connectivity index (χ1) is 10.1. The maximum Gasteiger partial charge on any atom is 0.319 e. The van der Waals surface area contributed by atoms with Crippen molar-refractivity contribution in [1.82, 2.24) is 5.32 Å². The summed E-state index contributed by atoms with van der Waals surface area (Å²) < 4.78 is 0. The Morgan fingerprint density at radius 2 is 1.76 bits per heavy atom. The van der Waals surface area contributed by atoms with Crippen LogP contribution in [0.2, 0.25) is 5.02 Å². The average molecular weight is 304 g/mol. The fourth-order valence-corrected chi connectivity index (χ4v) is 1.98. The number of nitrogens with zero attached hydrogens (tertiary/aromatic N) is 1. The molecule has 0 aromatic heterocycles. The van der Waals surface area contributed by atoms with E-state index in [1.807, 2.05) is 37.4 Å². The average Bonchev–Trinajstić information content (AvgIpc) is 2.50. The van der Waals surface area contributed by atoms with E-state index in [2.05, 4.69) is 15.5 Å². The molecule has 0 aliphatic carbocycles. The van der Waals surface area contributed by atoms with Crippen LogP contribution in [0, 0.1) is 0 Å². The Morgan fingerprint density at radius 3 is 2.43 bits per heavy atom. The zero-order chi connectivity index (χ0) is 15.1. The van der Waals surface area contributed by atoms with Crippen LogP contribution < -0.4 is 15.5 Å². The van der Waals surface area contributed by atoms with Gasteiger partial charge < -0.3 is 15.5 Å². The van der Waals surface area contributed by atoms with Crippen LogP contribution in [-0.2, 0) is 0 Å². The molecular weight excluding hydrogens is 286 g/mol. The molecule has 2 N–H and O–H groups in total. The highest BCUT2D eigenvalue weighted by Gasteiger charge is 2.03. The summed E-state index contributed by atoms with van der Waals surface area (Å²) in [4.78, 5) is 13.8. The van der Waals surface area contributed by atoms with Crippen LogP contribution in [0.1, 0.15) is 0 Å². The second kappa shape index (κ2) is 7.55. The number of carbonyl (C=O) groups excluding carboxylic acids is 1. The van der Waals surface area contributed by atoms with Crippen molar-refractivity contribution in [3.05, 3.63) is 59.6 Å². The van der Waals surface area contributed by atoms with Gasteiger partial charge >= 0.3 is 6.03 Å². The third-order valence-electron chi connectivity index (χ3n) is 3.03. The molecule has 0 atom stereocenters. The number of hydrogen-bond donors (Lipinski definition) is 2. The Morgan fingerprint density at radius 1 is 1.10 bits per heavy atom. The zero-order valence-electron chi connectivity index (χ0n) is 11.8. The van der Waals surface area contributed by atoms with Crippen LogP contribution in [0.5, 0.6) is 0 Å². The number of benzene rings is 2. The number of halogens is 1. The van der Waals surface area contributed by atoms with E-state index < -0.39 is 0 Å². The standard InChI is InChI=1S/C16H18ClN3O/c1-20(15-5-3-2-4-6-15)12-11-18-16(21)19-14-9-7-13(17)8-10-14/h2-10H,11-12H2,1H3,(H2,18,19,21). The van der Waals surface area contributed by atoms with Gasteiger partial charge in [-0.25, -0.2) is 4.79 Å². The number of amides is 2. The Balaban J connectivity index is 1.73. The molecule has 0 fully saturated rings. The smallest absolute Gasteiger partial charge is 0.319 e. The van der Waals surface area contributed by atoms with Gasteiger partial charge in [-0.1, -0.05) is 29.8 Å². The first-order valence-corrected chi connectivity index (χ1v) is 7.09. The van der Waals surface area contributed by atoms with Gasteiger partial charge in [0, 0.05) is 36.5 Å². The number of carbonyl (C=O) groups is 1. The Labute approximate surface area is 129 Å². The minimum Gasteiger partial charge on any atom is -0.373 e. The summed E-state index contributed by atoms with van der Waals surface area (Å²) in [5.74, 6) is 0. The highest BCUT2D eigenvalue weighted by Crippen LogP contribution is 2.13. The monoisotopic (exact) mass is 303 g/mol. The van der Waals surface area contributed by atoms with Crippen LogP contribution >= 0.6 is 11.6 Å². The number of para-hydroxylation sites is 1. The minimum absolute atomic E-state index is 0.223. The van der Waals surface area contributed by atoms with Crippen molar-refractivity contribution in [2.75, 3.05) is 30.4 Å². The summed E-state index contributed by atoms with van der Waals surface area (Å²) in [7, 11) is 1.99. The number of nitrogens with one attached hydrogen (secondary N) is 2. The quantitative estimate of drug-likeness (QED) is 0.886. The molecule has 5 heteroatoms. The van der Waals surface area contributed by atoms with Crippen molar-refractivity contribution >= 4 is 29.0 Å². The van der Waals surface area contributed by atoms with E-state index in [0.717, 1.165) is 12.2 Å². The fraction of sp³-hybridized carbons (Fsp3) is 0.188. The second-order valence-corrected chi connectivity index (χ2v) is 5.08. The van der Waals surface area contributed by atoms with Crippen LogP contribution in [-0.4, -0.2) is 26.2 Å². The molecule has 4 nitrogen and oxygen atoms in total. The lowest BCUT2D eigenvalue weighted by Gasteiger charge is -2.19. The van der Waals surface area contributed by atoms with Crippen LogP contribution in [0.15, 0.2) is 54.6 Å². The molecule has 0 aliphatic heterocycles. The molecule has 0 radical (unpaired) electrons. The largest absolute Gasteiger partial charge is 0.373 e. The van der Waals surface area contributed by atoms with Gasteiger partial charge in [0.25, 0.3) is 0 Å². The van der Waals surface area contributed by atoms with Gasteiger partial charge in [-0.2, -0.15) is 0 Å². The predicted molar refractivity (Wildman–Crippen MR) is 88.2 cm³/mol. The van der Waals surface area contributed by atoms with E-state index in [1.165, 1.54) is 0 Å². The lowest BCUT2D eigenvalue weighted by Crippen LogP contribution is -2.35. The molecule has 2 amide bonds. The van der Waals surface area contributed by atoms with Crippen molar-refractivity contribution < 1.29 is 4.79 Å². The Bertz CT molecular complexity index is 572. The number of rotatable bonds is 5. The number of anilines is 2. The second-order valence-electron chi connectivity index (χ2n) is 4.64. The Hall–Kier alpha value is -2.20. The van der Waals surface area contributed by atoms with Crippen LogP contribution in [0.25, 0.3) is 0 Å². The van der Waals surface area contributed by atoms with Gasteiger partial charge in [0.1, 0.15) is 0 Å². The SMILES string of the molecule is CN(CCNC(=O)Nc1ccc(Cl)cc1)c1ccccc1.